The summed E-state index contributed by atoms with van der Waals surface area (Å²) >= 11 is 0. The molecule has 0 saturated heterocycles. The van der Waals surface area contributed by atoms with Crippen LogP contribution in [-0.2, 0) is 14.2 Å². The van der Waals surface area contributed by atoms with Gasteiger partial charge in [0.25, 0.3) is 0 Å². The largest absolute Gasteiger partial charge is 0.302 e. The Kier molecular flexibility index (Phi) is 11.3. The Hall–Kier alpha value is -2.77. The van der Waals surface area contributed by atoms with Crippen LogP contribution in [0.3, 0.4) is 0 Å². The third kappa shape index (κ3) is 6.16. The summed E-state index contributed by atoms with van der Waals surface area (Å²) < 4.78 is 13.9. The van der Waals surface area contributed by atoms with Crippen LogP contribution in [0.5, 0.6) is 0 Å². The van der Waals surface area contributed by atoms with E-state index in [0.29, 0.717) is 0 Å². The van der Waals surface area contributed by atoms with Gasteiger partial charge in [-0.3, -0.25) is 9.59 Å². The van der Waals surface area contributed by atoms with Crippen molar-refractivity contribution >= 4 is 18.2 Å². The van der Waals surface area contributed by atoms with E-state index in [1.807, 2.05) is 0 Å². The summed E-state index contributed by atoms with van der Waals surface area (Å²) in [7, 11) is -4.20. The summed E-state index contributed by atoms with van der Waals surface area (Å²) in [6.07, 6.45) is 18.2. The number of allylic oxidation sites excluding steroid dienone is 15. The normalized spacial score (nSPS) is 15.9. The Morgan fingerprint density at radius 1 is 0.741 bits per heavy atom. The molecule has 0 heterocycles. The maximum absolute atomic E-state index is 13.9. The zero-order valence-electron chi connectivity index (χ0n) is 16.2. The maximum Gasteiger partial charge on any atom is 0.248 e. The van der Waals surface area contributed by atoms with Gasteiger partial charge in [0, 0.05) is 16.5 Å². The van der Waals surface area contributed by atoms with Crippen LogP contribution < -0.4 is 0 Å². The van der Waals surface area contributed by atoms with Crippen molar-refractivity contribution in [2.24, 2.45) is 0 Å². The summed E-state index contributed by atoms with van der Waals surface area (Å²) in [5.41, 5.74) is -1.33. The van der Waals surface area contributed by atoms with E-state index in [0.717, 1.165) is 0 Å². The van der Waals surface area contributed by atoms with Gasteiger partial charge in [-0.05, 0) is 20.8 Å². The van der Waals surface area contributed by atoms with Gasteiger partial charge >= 0.3 is 0 Å². The molecule has 0 aromatic carbocycles. The van der Waals surface area contributed by atoms with Crippen molar-refractivity contribution < 1.29 is 14.2 Å². The zero-order chi connectivity index (χ0) is 20.9. The molecular formula is C23H27O3P. The number of rotatable bonds is 11. The number of carbonyl (C=O) groups is 2. The molecule has 0 aromatic heterocycles. The lowest BCUT2D eigenvalue weighted by molar-refractivity contribution is -0.111. The minimum absolute atomic E-state index is 0.0725. The first-order valence-electron chi connectivity index (χ1n) is 8.45. The fourth-order valence-corrected chi connectivity index (χ4v) is 4.37. The topological polar surface area (TPSA) is 51.2 Å². The van der Waals surface area contributed by atoms with E-state index in [9.17, 15) is 14.2 Å². The van der Waals surface area contributed by atoms with Crippen LogP contribution in [0.15, 0.2) is 109 Å². The number of carbonyl (C=O) groups excluding carboxylic acids is 2. The third-order valence-corrected chi connectivity index (χ3v) is 6.15. The molecule has 0 rings (SSSR count). The van der Waals surface area contributed by atoms with Crippen LogP contribution >= 0.6 is 7.14 Å². The number of hydrogen-bond acceptors (Lipinski definition) is 3. The van der Waals surface area contributed by atoms with Gasteiger partial charge in [-0.2, -0.15) is 0 Å². The van der Waals surface area contributed by atoms with Gasteiger partial charge < -0.3 is 4.57 Å². The summed E-state index contributed by atoms with van der Waals surface area (Å²) in [6.45, 7) is 16.1. The first-order chi connectivity index (χ1) is 12.9. The molecule has 142 valence electrons. The van der Waals surface area contributed by atoms with E-state index < -0.39 is 18.2 Å². The molecule has 1 atom stereocenters. The zero-order valence-corrected chi connectivity index (χ0v) is 17.1. The molecule has 4 heteroatoms. The summed E-state index contributed by atoms with van der Waals surface area (Å²) in [5, 5.41) is 0.0725. The molecule has 1 unspecified atom stereocenters. The fourth-order valence-electron chi connectivity index (χ4n) is 2.12. The Morgan fingerprint density at radius 3 is 1.74 bits per heavy atom. The molecule has 3 nitrogen and oxygen atoms in total. The molecule has 0 bridgehead atoms. The average molecular weight is 382 g/mol. The minimum atomic E-state index is -4.20. The van der Waals surface area contributed by atoms with Crippen LogP contribution in [0, 0.1) is 0 Å². The highest BCUT2D eigenvalue weighted by molar-refractivity contribution is 7.98. The molecular weight excluding hydrogens is 355 g/mol. The first kappa shape index (κ1) is 24.2. The molecule has 0 N–H and O–H groups in total. The van der Waals surface area contributed by atoms with Crippen molar-refractivity contribution in [2.45, 2.75) is 20.8 Å². The Labute approximate surface area is 162 Å². The van der Waals surface area contributed by atoms with E-state index in [2.05, 4.69) is 19.7 Å². The highest BCUT2D eigenvalue weighted by atomic mass is 31.2. The van der Waals surface area contributed by atoms with Gasteiger partial charge in [0.15, 0.2) is 0 Å². The molecule has 0 amide bonds. The van der Waals surface area contributed by atoms with Gasteiger partial charge in [-0.1, -0.05) is 92.6 Å². The highest BCUT2D eigenvalue weighted by Crippen LogP contribution is 2.59. The molecule has 0 fully saturated rings. The van der Waals surface area contributed by atoms with Crippen molar-refractivity contribution in [1.82, 2.24) is 0 Å². The van der Waals surface area contributed by atoms with E-state index >= 15 is 0 Å². The van der Waals surface area contributed by atoms with E-state index in [1.54, 1.807) is 51.2 Å². The fraction of sp³-hybridized carbons (Fsp3) is 0.130. The van der Waals surface area contributed by atoms with Gasteiger partial charge in [-0.15, -0.1) is 0 Å². The van der Waals surface area contributed by atoms with Crippen LogP contribution in [-0.4, -0.2) is 11.0 Å². The molecule has 27 heavy (non-hydrogen) atoms. The third-order valence-electron chi connectivity index (χ3n) is 3.43. The Morgan fingerprint density at radius 2 is 1.30 bits per heavy atom. The van der Waals surface area contributed by atoms with Crippen molar-refractivity contribution in [3.8, 4) is 0 Å². The lowest BCUT2D eigenvalue weighted by Crippen LogP contribution is -2.14. The first-order valence-corrected chi connectivity index (χ1v) is 10.2. The van der Waals surface area contributed by atoms with Crippen molar-refractivity contribution in [1.29, 1.82) is 0 Å². The average Bonchev–Trinajstić information content (AvgIpc) is 2.67. The highest BCUT2D eigenvalue weighted by Gasteiger charge is 2.43. The summed E-state index contributed by atoms with van der Waals surface area (Å²) in [6, 6.07) is 0. The molecule has 0 aromatic rings. The molecule has 0 aliphatic heterocycles. The molecule has 0 aliphatic carbocycles. The second-order valence-electron chi connectivity index (χ2n) is 5.25. The van der Waals surface area contributed by atoms with Crippen LogP contribution in [0.4, 0.5) is 0 Å². The molecule has 0 spiro atoms. The van der Waals surface area contributed by atoms with E-state index in [1.165, 1.54) is 42.5 Å². The van der Waals surface area contributed by atoms with Crippen molar-refractivity contribution in [2.75, 3.05) is 0 Å². The quantitative estimate of drug-likeness (QED) is 0.235. The lowest BCUT2D eigenvalue weighted by atomic mass is 10.2. The minimum Gasteiger partial charge on any atom is -0.302 e. The predicted molar refractivity (Wildman–Crippen MR) is 117 cm³/mol. The monoisotopic (exact) mass is 382 g/mol. The van der Waals surface area contributed by atoms with E-state index in [4.69, 9.17) is 0 Å². The van der Waals surface area contributed by atoms with Crippen molar-refractivity contribution in [3.05, 3.63) is 109 Å². The Balaban J connectivity index is 6.89. The van der Waals surface area contributed by atoms with Crippen LogP contribution in [0.2, 0.25) is 0 Å². The lowest BCUT2D eigenvalue weighted by Gasteiger charge is -2.18. The smallest absolute Gasteiger partial charge is 0.248 e. The summed E-state index contributed by atoms with van der Waals surface area (Å²) in [5.74, 6) is 0. The molecule has 0 aliphatic rings. The predicted octanol–water partition coefficient (Wildman–Crippen LogP) is 6.43. The molecule has 0 saturated carbocycles. The summed E-state index contributed by atoms with van der Waals surface area (Å²) in [4.78, 5) is 26.4. The van der Waals surface area contributed by atoms with Crippen LogP contribution in [0.25, 0.3) is 0 Å². The van der Waals surface area contributed by atoms with E-state index in [-0.39, 0.29) is 16.5 Å². The SMILES string of the molecule is C=C/C=C(\C=C/C)C(=O)P(=O)(C(=O)/C(C=C)=C/C=C\C)/C(C=C)=C/C=C\C. The second-order valence-corrected chi connectivity index (χ2v) is 7.80. The van der Waals surface area contributed by atoms with Crippen LogP contribution in [0.1, 0.15) is 20.8 Å². The Bertz CT molecular complexity index is 828. The van der Waals surface area contributed by atoms with Gasteiger partial charge in [0.1, 0.15) is 0 Å². The molecule has 0 radical (unpaired) electrons. The maximum atomic E-state index is 13.9. The van der Waals surface area contributed by atoms with Gasteiger partial charge in [0.05, 0.1) is 0 Å². The van der Waals surface area contributed by atoms with Gasteiger partial charge in [0.2, 0.25) is 18.2 Å². The van der Waals surface area contributed by atoms with Crippen molar-refractivity contribution in [3.63, 3.8) is 0 Å². The number of hydrogen-bond donors (Lipinski definition) is 0. The van der Waals surface area contributed by atoms with Gasteiger partial charge in [-0.25, -0.2) is 0 Å². The standard InChI is InChI=1S/C23H27O3P/c1-7-13-17-19(11-5)22(24)27(26,21(12-6)18-14-8-2)23(25)20(15-9-3)16-10-4/h7-18H,3,5-6H2,1-2,4H3/b13-7-,14-8-,16-10-,19-17+,20-15+,21-18+. The second kappa shape index (κ2) is 12.6.